The molecule has 0 aliphatic rings. The molecule has 0 radical (unpaired) electrons. The second kappa shape index (κ2) is 8.37. The van der Waals surface area contributed by atoms with E-state index in [4.69, 9.17) is 27.6 Å². The zero-order valence-electron chi connectivity index (χ0n) is 18.0. The van der Waals surface area contributed by atoms with Gasteiger partial charge in [-0.15, -0.1) is 0 Å². The molecule has 0 spiro atoms. The van der Waals surface area contributed by atoms with Crippen molar-refractivity contribution < 1.29 is 14.3 Å². The number of halogens is 2. The van der Waals surface area contributed by atoms with Gasteiger partial charge in [-0.3, -0.25) is 4.79 Å². The third-order valence-corrected chi connectivity index (χ3v) is 6.92. The molecule has 0 unspecified atom stereocenters. The second-order valence-corrected chi connectivity index (χ2v) is 8.48. The van der Waals surface area contributed by atoms with Gasteiger partial charge in [-0.1, -0.05) is 23.2 Å². The van der Waals surface area contributed by atoms with Crippen LogP contribution in [0.1, 0.15) is 55.3 Å². The number of amides is 1. The van der Waals surface area contributed by atoms with E-state index in [-0.39, 0.29) is 22.2 Å². The molecule has 0 saturated heterocycles. The van der Waals surface area contributed by atoms with Crippen molar-refractivity contribution in [2.75, 3.05) is 5.32 Å². The fourth-order valence-corrected chi connectivity index (χ4v) is 4.05. The van der Waals surface area contributed by atoms with Gasteiger partial charge < -0.3 is 14.8 Å². The van der Waals surface area contributed by atoms with E-state index in [1.165, 1.54) is 39.4 Å². The van der Waals surface area contributed by atoms with Crippen molar-refractivity contribution in [1.82, 2.24) is 0 Å². The van der Waals surface area contributed by atoms with E-state index >= 15 is 0 Å². The molecular formula is C24H25Cl2NO3. The Labute approximate surface area is 186 Å². The summed E-state index contributed by atoms with van der Waals surface area (Å²) in [6.07, 6.45) is 0.598. The summed E-state index contributed by atoms with van der Waals surface area (Å²) < 4.78 is 5.81. The summed E-state index contributed by atoms with van der Waals surface area (Å²) in [5, 5.41) is 13.3. The lowest BCUT2D eigenvalue weighted by Gasteiger charge is -2.18. The van der Waals surface area contributed by atoms with E-state index in [1.54, 1.807) is 19.1 Å². The first-order chi connectivity index (χ1) is 14.0. The summed E-state index contributed by atoms with van der Waals surface area (Å²) in [6.45, 7) is 12.3. The highest BCUT2D eigenvalue weighted by Gasteiger charge is 2.19. The molecule has 3 aromatic rings. The predicted octanol–water partition coefficient (Wildman–Crippen LogP) is 6.99. The number of phenolic OH excluding ortho intramolecular Hbond substituents is 1. The number of benzene rings is 2. The van der Waals surface area contributed by atoms with Crippen LogP contribution in [0.4, 0.5) is 5.69 Å². The molecule has 2 N–H and O–H groups in total. The molecule has 3 rings (SSSR count). The number of anilines is 1. The average molecular weight is 446 g/mol. The number of hydrogen-bond acceptors (Lipinski definition) is 3. The molecular weight excluding hydrogens is 421 g/mol. The van der Waals surface area contributed by atoms with Gasteiger partial charge in [-0.25, -0.2) is 0 Å². The van der Waals surface area contributed by atoms with E-state index in [0.29, 0.717) is 22.8 Å². The minimum Gasteiger partial charge on any atom is -0.504 e. The molecule has 1 aromatic heterocycles. The Morgan fingerprint density at radius 3 is 2.10 bits per heavy atom. The third kappa shape index (κ3) is 3.94. The van der Waals surface area contributed by atoms with Crippen LogP contribution in [0.2, 0.25) is 10.0 Å². The number of carbonyl (C=O) groups excluding carboxylic acids is 1. The molecule has 0 aliphatic carbocycles. The number of furan rings is 1. The summed E-state index contributed by atoms with van der Waals surface area (Å²) in [5.74, 6) is 0.124. The van der Waals surface area contributed by atoms with E-state index in [0.717, 1.165) is 0 Å². The predicted molar refractivity (Wildman–Crippen MR) is 122 cm³/mol. The Morgan fingerprint density at radius 1 is 0.933 bits per heavy atom. The van der Waals surface area contributed by atoms with E-state index in [9.17, 15) is 9.90 Å². The Bertz CT molecular complexity index is 1130. The molecule has 1 amide bonds. The van der Waals surface area contributed by atoms with Crippen LogP contribution in [0.5, 0.6) is 5.75 Å². The van der Waals surface area contributed by atoms with Crippen LogP contribution in [0.25, 0.3) is 0 Å². The maximum atomic E-state index is 12.6. The molecule has 0 atom stereocenters. The summed E-state index contributed by atoms with van der Waals surface area (Å²) >= 11 is 12.2. The molecule has 158 valence electrons. The largest absolute Gasteiger partial charge is 0.504 e. The number of rotatable bonds is 4. The van der Waals surface area contributed by atoms with Crippen LogP contribution in [0, 0.1) is 41.5 Å². The number of carbonyl (C=O) groups is 1. The van der Waals surface area contributed by atoms with Crippen molar-refractivity contribution in [2.24, 2.45) is 0 Å². The maximum absolute atomic E-state index is 12.6. The van der Waals surface area contributed by atoms with Crippen molar-refractivity contribution in [1.29, 1.82) is 0 Å². The zero-order chi connectivity index (χ0) is 22.3. The topological polar surface area (TPSA) is 62.5 Å². The van der Waals surface area contributed by atoms with Crippen LogP contribution in [0.3, 0.4) is 0 Å². The molecule has 6 heteroatoms. The monoisotopic (exact) mass is 445 g/mol. The smallest absolute Gasteiger partial charge is 0.291 e. The van der Waals surface area contributed by atoms with Gasteiger partial charge in [0, 0.05) is 11.4 Å². The van der Waals surface area contributed by atoms with Crippen LogP contribution in [-0.4, -0.2) is 11.0 Å². The zero-order valence-corrected chi connectivity index (χ0v) is 19.5. The fourth-order valence-electron chi connectivity index (χ4n) is 3.60. The normalized spacial score (nSPS) is 11.1. The molecule has 2 aromatic carbocycles. The second-order valence-electron chi connectivity index (χ2n) is 7.69. The molecule has 0 saturated carbocycles. The van der Waals surface area contributed by atoms with Gasteiger partial charge in [0.2, 0.25) is 0 Å². The van der Waals surface area contributed by atoms with Gasteiger partial charge in [-0.05, 0) is 98.7 Å². The highest BCUT2D eigenvalue weighted by molar-refractivity contribution is 6.37. The quantitative estimate of drug-likeness (QED) is 0.425. The van der Waals surface area contributed by atoms with E-state index < -0.39 is 5.91 Å². The van der Waals surface area contributed by atoms with Gasteiger partial charge in [0.05, 0.1) is 10.7 Å². The first-order valence-electron chi connectivity index (χ1n) is 9.66. The standard InChI is InChI=1S/C24H25Cl2NO3/c1-11-12(2)14(4)18(15(5)13(11)3)9-17-7-8-21(30-17)24(29)27-20-10-19(25)16(6)22(26)23(20)28/h7-8,10,28H,9H2,1-6H3,(H,27,29). The lowest BCUT2D eigenvalue weighted by Crippen LogP contribution is -2.11. The third-order valence-electron chi connectivity index (χ3n) is 6.06. The number of phenols is 1. The molecule has 0 fully saturated rings. The minimum atomic E-state index is -0.489. The van der Waals surface area contributed by atoms with Gasteiger partial charge in [0.1, 0.15) is 5.76 Å². The average Bonchev–Trinajstić information content (AvgIpc) is 3.19. The van der Waals surface area contributed by atoms with E-state index in [2.05, 4.69) is 39.9 Å². The van der Waals surface area contributed by atoms with Crippen molar-refractivity contribution in [3.05, 3.63) is 78.7 Å². The highest BCUT2D eigenvalue weighted by Crippen LogP contribution is 2.39. The summed E-state index contributed by atoms with van der Waals surface area (Å²) in [4.78, 5) is 12.6. The Kier molecular flexibility index (Phi) is 6.21. The first-order valence-corrected chi connectivity index (χ1v) is 10.4. The van der Waals surface area contributed by atoms with Gasteiger partial charge in [0.25, 0.3) is 5.91 Å². The Morgan fingerprint density at radius 2 is 1.50 bits per heavy atom. The fraction of sp³-hybridized carbons (Fsp3) is 0.292. The highest BCUT2D eigenvalue weighted by atomic mass is 35.5. The first kappa shape index (κ1) is 22.3. The van der Waals surface area contributed by atoms with Crippen LogP contribution < -0.4 is 5.32 Å². The lowest BCUT2D eigenvalue weighted by molar-refractivity contribution is 0.0994. The van der Waals surface area contributed by atoms with Gasteiger partial charge in [-0.2, -0.15) is 0 Å². The van der Waals surface area contributed by atoms with Crippen molar-refractivity contribution in [3.8, 4) is 5.75 Å². The summed E-state index contributed by atoms with van der Waals surface area (Å²) in [6, 6.07) is 4.88. The van der Waals surface area contributed by atoms with Crippen molar-refractivity contribution >= 4 is 34.8 Å². The molecule has 0 bridgehead atoms. The van der Waals surface area contributed by atoms with Crippen LogP contribution >= 0.6 is 23.2 Å². The minimum absolute atomic E-state index is 0.106. The Balaban J connectivity index is 1.85. The number of aromatic hydroxyl groups is 1. The Hall–Kier alpha value is -2.43. The van der Waals surface area contributed by atoms with Crippen molar-refractivity contribution in [2.45, 2.75) is 48.0 Å². The molecule has 30 heavy (non-hydrogen) atoms. The van der Waals surface area contributed by atoms with E-state index in [1.807, 2.05) is 0 Å². The van der Waals surface area contributed by atoms with Gasteiger partial charge in [0.15, 0.2) is 11.5 Å². The summed E-state index contributed by atoms with van der Waals surface area (Å²) in [7, 11) is 0. The molecule has 1 heterocycles. The lowest BCUT2D eigenvalue weighted by atomic mass is 9.88. The summed E-state index contributed by atoms with van der Waals surface area (Å²) in [5.41, 5.74) is 8.25. The van der Waals surface area contributed by atoms with Crippen molar-refractivity contribution in [3.63, 3.8) is 0 Å². The molecule has 0 aliphatic heterocycles. The van der Waals surface area contributed by atoms with Crippen LogP contribution in [0.15, 0.2) is 22.6 Å². The van der Waals surface area contributed by atoms with Crippen LogP contribution in [-0.2, 0) is 6.42 Å². The number of nitrogens with one attached hydrogen (secondary N) is 1. The maximum Gasteiger partial charge on any atom is 0.291 e. The number of hydrogen-bond donors (Lipinski definition) is 2. The SMILES string of the molecule is Cc1c(C)c(C)c(Cc2ccc(C(=O)Nc3cc(Cl)c(C)c(Cl)c3O)o2)c(C)c1C. The van der Waals surface area contributed by atoms with Gasteiger partial charge >= 0.3 is 0 Å². The molecule has 4 nitrogen and oxygen atoms in total.